The van der Waals surface area contributed by atoms with Gasteiger partial charge in [-0.05, 0) is 84.5 Å². The predicted octanol–water partition coefficient (Wildman–Crippen LogP) is 5.93. The van der Waals surface area contributed by atoms with Gasteiger partial charge < -0.3 is 80.8 Å². The van der Waals surface area contributed by atoms with Gasteiger partial charge in [-0.3, -0.25) is 33.7 Å². The quantitative estimate of drug-likeness (QED) is 0.0168. The second-order valence-corrected chi connectivity index (χ2v) is 21.8. The number of rotatable bonds is 27. The van der Waals surface area contributed by atoms with Crippen LogP contribution in [0.25, 0.3) is 21.8 Å². The van der Waals surface area contributed by atoms with Crippen molar-refractivity contribution in [1.29, 1.82) is 0 Å². The standard InChI is InChI=1S/C62H69ClN12O16/c1-35(2)53(71-60(84)89-27-26-88-25-24-74-49(77)19-20-50(74)78)57(81)70-44(9-7-21-65-59(64)83)56(80)67-40-15-11-36(12-16-40)34-90-61(85)72(3)22-23-73(4)62(86)91-48-30-46-51(52-43(48)8-6-10-47(52)87-5)39(31-63)33-75(46)58(82)45-29-38-28-41(32-66-54(38)69-45)68-55(79)37-13-17-42(76)18-14-37/h6,8,10-20,28-30,32,35,39,44,53,76H,7,9,21-27,31,33-34H2,1-5H3,(H,66,69)(H,67,80)(H,68,79)(H,70,81)(H,71,84)(H3,64,65,83)/t39?,44-,53-/m0/s1. The Bertz CT molecular complexity index is 3730. The molecule has 6 aromatic rings. The minimum atomic E-state index is -1.15. The number of ether oxygens (including phenoxy) is 5. The van der Waals surface area contributed by atoms with E-state index < -0.39 is 77.8 Å². The number of nitrogens with two attached hydrogens (primary N) is 1. The molecular formula is C62H69ClN12O16. The molecule has 2 aromatic heterocycles. The summed E-state index contributed by atoms with van der Waals surface area (Å²) >= 11 is 6.61. The molecule has 4 heterocycles. The lowest BCUT2D eigenvalue weighted by Gasteiger charge is -2.25. The molecule has 29 heteroatoms. The summed E-state index contributed by atoms with van der Waals surface area (Å²) in [6, 6.07) is 19.2. The number of halogens is 1. The van der Waals surface area contributed by atoms with Crippen molar-refractivity contribution in [2.24, 2.45) is 11.7 Å². The van der Waals surface area contributed by atoms with E-state index in [4.69, 9.17) is 41.0 Å². The number of primary amides is 1. The van der Waals surface area contributed by atoms with E-state index in [1.54, 1.807) is 79.4 Å². The number of hydrogen-bond acceptors (Lipinski definition) is 17. The zero-order chi connectivity index (χ0) is 65.5. The fourth-order valence-corrected chi connectivity index (χ4v) is 10.1. The summed E-state index contributed by atoms with van der Waals surface area (Å²) in [5, 5.41) is 24.5. The number of imide groups is 1. The van der Waals surface area contributed by atoms with Crippen LogP contribution in [-0.2, 0) is 40.0 Å². The molecule has 0 radical (unpaired) electrons. The molecule has 480 valence electrons. The number of aromatic hydroxyl groups is 1. The number of nitrogens with one attached hydrogen (secondary N) is 6. The van der Waals surface area contributed by atoms with Gasteiger partial charge in [0.25, 0.3) is 23.6 Å². The van der Waals surface area contributed by atoms with E-state index in [0.29, 0.717) is 55.7 Å². The lowest BCUT2D eigenvalue weighted by molar-refractivity contribution is -0.137. The molecule has 0 saturated heterocycles. The Hall–Kier alpha value is -10.5. The van der Waals surface area contributed by atoms with Crippen LogP contribution < -0.4 is 46.7 Å². The summed E-state index contributed by atoms with van der Waals surface area (Å²) in [6.45, 7) is 3.27. The molecule has 8 rings (SSSR count). The number of methoxy groups -OCH3 is 1. The van der Waals surface area contributed by atoms with E-state index in [1.807, 2.05) is 0 Å². The third-order valence-corrected chi connectivity index (χ3v) is 15.1. The zero-order valence-corrected chi connectivity index (χ0v) is 51.1. The van der Waals surface area contributed by atoms with Crippen molar-refractivity contribution in [3.8, 4) is 17.2 Å². The number of alkyl carbamates (subject to hydrolysis) is 1. The number of fused-ring (bicyclic) bond motifs is 4. The number of hydrogen-bond donors (Lipinski definition) is 8. The molecule has 28 nitrogen and oxygen atoms in total. The number of anilines is 3. The van der Waals surface area contributed by atoms with Gasteiger partial charge >= 0.3 is 24.3 Å². The van der Waals surface area contributed by atoms with E-state index in [0.717, 1.165) is 22.6 Å². The summed E-state index contributed by atoms with van der Waals surface area (Å²) in [6.07, 6.45) is 1.63. The van der Waals surface area contributed by atoms with Gasteiger partial charge in [-0.1, -0.05) is 38.1 Å². The molecule has 2 aliphatic heterocycles. The number of aromatic nitrogens is 2. The molecule has 11 amide bonds. The Morgan fingerprint density at radius 1 is 0.824 bits per heavy atom. The topological polar surface area (TPSA) is 365 Å². The molecule has 2 aliphatic rings. The normalized spacial score (nSPS) is 13.9. The van der Waals surface area contributed by atoms with Crippen LogP contribution in [0.1, 0.15) is 64.6 Å². The first-order chi connectivity index (χ1) is 43.6. The van der Waals surface area contributed by atoms with Crippen molar-refractivity contribution >= 4 is 110 Å². The summed E-state index contributed by atoms with van der Waals surface area (Å²) in [5.74, 6) is -3.14. The fourth-order valence-electron chi connectivity index (χ4n) is 9.88. The summed E-state index contributed by atoms with van der Waals surface area (Å²) in [4.78, 5) is 142. The number of aromatic amines is 1. The lowest BCUT2D eigenvalue weighted by atomic mass is 9.94. The van der Waals surface area contributed by atoms with E-state index in [9.17, 15) is 53.1 Å². The highest BCUT2D eigenvalue weighted by atomic mass is 35.5. The van der Waals surface area contributed by atoms with Crippen molar-refractivity contribution < 1.29 is 76.7 Å². The number of phenolic OH excluding ortho intramolecular Hbond substituents is 1. The van der Waals surface area contributed by atoms with Gasteiger partial charge in [0.2, 0.25) is 11.8 Å². The molecular weight excluding hydrogens is 1200 g/mol. The first-order valence-corrected chi connectivity index (χ1v) is 29.4. The predicted molar refractivity (Wildman–Crippen MR) is 333 cm³/mol. The Balaban J connectivity index is 0.834. The van der Waals surface area contributed by atoms with Crippen molar-refractivity contribution in [3.63, 3.8) is 0 Å². The summed E-state index contributed by atoms with van der Waals surface area (Å²) < 4.78 is 28.0. The summed E-state index contributed by atoms with van der Waals surface area (Å²) in [7, 11) is 4.50. The number of benzene rings is 4. The highest BCUT2D eigenvalue weighted by molar-refractivity contribution is 6.20. The first-order valence-electron chi connectivity index (χ1n) is 28.8. The molecule has 0 bridgehead atoms. The number of carbonyl (C=O) groups excluding carboxylic acids is 10. The third-order valence-electron chi connectivity index (χ3n) is 14.8. The maximum Gasteiger partial charge on any atom is 0.415 e. The second kappa shape index (κ2) is 30.6. The Morgan fingerprint density at radius 3 is 2.22 bits per heavy atom. The number of amides is 11. The molecule has 0 saturated carbocycles. The van der Waals surface area contributed by atoms with Gasteiger partial charge in [0.15, 0.2) is 0 Å². The monoisotopic (exact) mass is 1270 g/mol. The highest BCUT2D eigenvalue weighted by Crippen LogP contribution is 2.49. The number of pyridine rings is 1. The van der Waals surface area contributed by atoms with Gasteiger partial charge in [0.05, 0.1) is 44.4 Å². The van der Waals surface area contributed by atoms with Gasteiger partial charge in [-0.15, -0.1) is 11.6 Å². The minimum absolute atomic E-state index is 0.0107. The smallest absolute Gasteiger partial charge is 0.415 e. The van der Waals surface area contributed by atoms with Crippen LogP contribution >= 0.6 is 11.6 Å². The third kappa shape index (κ3) is 17.0. The maximum atomic E-state index is 14.5. The SMILES string of the molecule is COc1cccc2c(OC(=O)N(C)CCN(C)C(=O)OCc3ccc(NC(=O)[C@H](CCCNC(N)=O)NC(=O)[C@@H](NC(=O)OCCOCCN4C(=O)C=CC4=O)C(C)C)cc3)cc3c(c12)C(CCl)CN3C(=O)c1cc2cc(NC(=O)c3ccc(O)cc3)cnc2[nH]1. The molecule has 0 fully saturated rings. The van der Waals surface area contributed by atoms with Crippen LogP contribution in [-0.4, -0.2) is 181 Å². The van der Waals surface area contributed by atoms with Crippen molar-refractivity contribution in [2.45, 2.75) is 51.3 Å². The first kappa shape index (κ1) is 66.5. The second-order valence-electron chi connectivity index (χ2n) is 21.5. The average Bonchev–Trinajstić information content (AvgIpc) is 1.66. The van der Waals surface area contributed by atoms with Crippen molar-refractivity contribution in [1.82, 2.24) is 40.6 Å². The number of urea groups is 1. The average molecular weight is 1270 g/mol. The molecule has 91 heavy (non-hydrogen) atoms. The molecule has 9 N–H and O–H groups in total. The van der Waals surface area contributed by atoms with Crippen LogP contribution in [0, 0.1) is 5.92 Å². The number of carbonyl (C=O) groups is 10. The number of alkyl halides is 1. The molecule has 4 aromatic carbocycles. The van der Waals surface area contributed by atoms with Gasteiger partial charge in [-0.25, -0.2) is 24.2 Å². The van der Waals surface area contributed by atoms with Gasteiger partial charge in [0.1, 0.15) is 53.9 Å². The van der Waals surface area contributed by atoms with Crippen LogP contribution in [0.15, 0.2) is 103 Å². The largest absolute Gasteiger partial charge is 0.508 e. The van der Waals surface area contributed by atoms with E-state index in [1.165, 1.54) is 61.5 Å². The number of likely N-dealkylation sites (N-methyl/N-ethyl adjacent to an activating group) is 2. The van der Waals surface area contributed by atoms with E-state index in [2.05, 4.69) is 36.6 Å². The Morgan fingerprint density at radius 2 is 1.54 bits per heavy atom. The lowest BCUT2D eigenvalue weighted by Crippen LogP contribution is -2.54. The van der Waals surface area contributed by atoms with E-state index >= 15 is 0 Å². The van der Waals surface area contributed by atoms with E-state index in [-0.39, 0.29) is 101 Å². The number of phenols is 1. The van der Waals surface area contributed by atoms with Gasteiger partial charge in [-0.2, -0.15) is 0 Å². The van der Waals surface area contributed by atoms with Crippen LogP contribution in [0.2, 0.25) is 0 Å². The number of H-pyrrole nitrogens is 1. The number of nitrogens with zero attached hydrogens (tertiary/aromatic N) is 5. The van der Waals surface area contributed by atoms with Crippen LogP contribution in [0.3, 0.4) is 0 Å². The fraction of sp³-hybridized carbons (Fsp3) is 0.339. The van der Waals surface area contributed by atoms with Crippen LogP contribution in [0.4, 0.5) is 36.2 Å². The minimum Gasteiger partial charge on any atom is -0.508 e. The summed E-state index contributed by atoms with van der Waals surface area (Å²) in [5.41, 5.74) is 8.52. The Labute approximate surface area is 526 Å². The molecule has 1 unspecified atom stereocenters. The maximum absolute atomic E-state index is 14.5. The van der Waals surface area contributed by atoms with Crippen LogP contribution in [0.5, 0.6) is 17.2 Å². The highest BCUT2D eigenvalue weighted by Gasteiger charge is 2.38. The van der Waals surface area contributed by atoms with Gasteiger partial charge in [0, 0.05) is 97.7 Å². The Kier molecular flexibility index (Phi) is 22.4. The molecule has 3 atom stereocenters. The van der Waals surface area contributed by atoms with Crippen molar-refractivity contribution in [3.05, 3.63) is 126 Å². The molecule has 0 aliphatic carbocycles. The molecule has 0 spiro atoms. The van der Waals surface area contributed by atoms with Crippen molar-refractivity contribution in [2.75, 3.05) is 95.2 Å². The zero-order valence-electron chi connectivity index (χ0n) is 50.4.